The summed E-state index contributed by atoms with van der Waals surface area (Å²) in [6, 6.07) is 12.3. The van der Waals surface area contributed by atoms with Crippen molar-refractivity contribution >= 4 is 67.8 Å². The number of nitrogens with two attached hydrogens (primary N) is 1. The van der Waals surface area contributed by atoms with Crippen LogP contribution in [0.15, 0.2) is 47.4 Å². The number of rotatable bonds is 7. The third-order valence-corrected chi connectivity index (χ3v) is 8.68. The summed E-state index contributed by atoms with van der Waals surface area (Å²) in [7, 11) is 1.02. The van der Waals surface area contributed by atoms with Crippen molar-refractivity contribution in [2.24, 2.45) is 5.92 Å². The summed E-state index contributed by atoms with van der Waals surface area (Å²) in [6.45, 7) is 2.08. The summed E-state index contributed by atoms with van der Waals surface area (Å²) < 4.78 is 13.0. The van der Waals surface area contributed by atoms with Crippen molar-refractivity contribution in [2.75, 3.05) is 36.9 Å². The maximum atomic E-state index is 13.0. The molecule has 2 heterocycles. The molecule has 0 spiro atoms. The van der Waals surface area contributed by atoms with E-state index in [1.807, 2.05) is 24.3 Å². The minimum atomic E-state index is -1.09. The lowest BCUT2D eigenvalue weighted by Gasteiger charge is -2.29. The van der Waals surface area contributed by atoms with Crippen LogP contribution in [-0.4, -0.2) is 45.8 Å². The van der Waals surface area contributed by atoms with Crippen LogP contribution in [0.1, 0.15) is 28.1 Å². The Morgan fingerprint density at radius 3 is 2.73 bits per heavy atom. The number of nitrogens with one attached hydrogen (secondary N) is 1. The van der Waals surface area contributed by atoms with Gasteiger partial charge in [0.15, 0.2) is 5.13 Å². The lowest BCUT2D eigenvalue weighted by Crippen LogP contribution is -2.34. The molecule has 0 saturated carbocycles. The Balaban J connectivity index is 1.49. The molecule has 33 heavy (non-hydrogen) atoms. The number of thiazole rings is 1. The Bertz CT molecular complexity index is 1180. The van der Waals surface area contributed by atoms with Crippen LogP contribution >= 0.6 is 34.5 Å². The number of hydrogen-bond acceptors (Lipinski definition) is 7. The fourth-order valence-electron chi connectivity index (χ4n) is 3.93. The van der Waals surface area contributed by atoms with Crippen molar-refractivity contribution < 1.29 is 9.00 Å². The van der Waals surface area contributed by atoms with Gasteiger partial charge in [0.05, 0.1) is 26.4 Å². The van der Waals surface area contributed by atoms with Crippen molar-refractivity contribution in [2.45, 2.75) is 17.7 Å². The summed E-state index contributed by atoms with van der Waals surface area (Å²) in [4.78, 5) is 20.6. The average Bonchev–Trinajstić information content (AvgIpc) is 3.13. The number of halogens is 2. The zero-order chi connectivity index (χ0) is 23.5. The van der Waals surface area contributed by atoms with E-state index in [0.29, 0.717) is 16.8 Å². The first-order valence-electron chi connectivity index (χ1n) is 10.5. The number of nitrogen functional groups attached to an aromatic ring is 1. The number of ketones is 1. The second-order valence-corrected chi connectivity index (χ2v) is 11.4. The van der Waals surface area contributed by atoms with Crippen LogP contribution in [-0.2, 0) is 10.8 Å². The molecular weight excluding hydrogens is 499 g/mol. The molecular formula is C23H24Cl2N4O2S2. The van der Waals surface area contributed by atoms with Crippen LogP contribution in [0.25, 0.3) is 0 Å². The quantitative estimate of drug-likeness (QED) is 0.400. The Morgan fingerprint density at radius 2 is 2.00 bits per heavy atom. The minimum Gasteiger partial charge on any atom is -0.382 e. The SMILES string of the molecule is CN1CCCC(CS(=O)c2cccc(Nc3nc(N)c(C(=O)c4c(Cl)cccc4Cl)s3)c2)C1. The number of likely N-dealkylation sites (tertiary alicyclic amines) is 1. The van der Waals surface area contributed by atoms with E-state index in [4.69, 9.17) is 28.9 Å². The Kier molecular flexibility index (Phi) is 7.71. The zero-order valence-electron chi connectivity index (χ0n) is 18.0. The second kappa shape index (κ2) is 10.5. The van der Waals surface area contributed by atoms with Gasteiger partial charge in [-0.25, -0.2) is 4.98 Å². The number of anilines is 3. The highest BCUT2D eigenvalue weighted by Gasteiger charge is 2.23. The van der Waals surface area contributed by atoms with Crippen molar-refractivity contribution in [1.82, 2.24) is 9.88 Å². The van der Waals surface area contributed by atoms with Gasteiger partial charge in [-0.15, -0.1) is 0 Å². The first-order chi connectivity index (χ1) is 15.8. The summed E-state index contributed by atoms with van der Waals surface area (Å²) in [5.41, 5.74) is 6.96. The second-order valence-electron chi connectivity index (χ2n) is 8.09. The van der Waals surface area contributed by atoms with Crippen molar-refractivity contribution in [3.63, 3.8) is 0 Å². The molecule has 2 aromatic carbocycles. The van der Waals surface area contributed by atoms with E-state index in [1.54, 1.807) is 18.2 Å². The Morgan fingerprint density at radius 1 is 1.27 bits per heavy atom. The first kappa shape index (κ1) is 24.2. The number of aromatic nitrogens is 1. The van der Waals surface area contributed by atoms with Gasteiger partial charge >= 0.3 is 0 Å². The van der Waals surface area contributed by atoms with Gasteiger partial charge in [0.2, 0.25) is 5.78 Å². The lowest BCUT2D eigenvalue weighted by molar-refractivity contribution is 0.104. The topological polar surface area (TPSA) is 88.3 Å². The molecule has 4 rings (SSSR count). The third-order valence-electron chi connectivity index (χ3n) is 5.51. The predicted molar refractivity (Wildman–Crippen MR) is 138 cm³/mol. The molecule has 1 aromatic heterocycles. The van der Waals surface area contributed by atoms with Gasteiger partial charge in [0, 0.05) is 22.9 Å². The first-order valence-corrected chi connectivity index (χ1v) is 13.4. The Labute approximate surface area is 209 Å². The van der Waals surface area contributed by atoms with Crippen molar-refractivity contribution in [3.8, 4) is 0 Å². The molecule has 2 atom stereocenters. The molecule has 1 aliphatic rings. The van der Waals surface area contributed by atoms with Gasteiger partial charge < -0.3 is 16.0 Å². The molecule has 3 N–H and O–H groups in total. The molecule has 174 valence electrons. The smallest absolute Gasteiger partial charge is 0.209 e. The minimum absolute atomic E-state index is 0.102. The van der Waals surface area contributed by atoms with Crippen molar-refractivity contribution in [3.05, 3.63) is 63.0 Å². The molecule has 1 fully saturated rings. The van der Waals surface area contributed by atoms with Crippen LogP contribution in [0, 0.1) is 5.92 Å². The molecule has 0 bridgehead atoms. The van der Waals surface area contributed by atoms with E-state index >= 15 is 0 Å². The molecule has 0 radical (unpaired) electrons. The van der Waals surface area contributed by atoms with E-state index in [1.165, 1.54) is 0 Å². The fraction of sp³-hybridized carbons (Fsp3) is 0.304. The third kappa shape index (κ3) is 5.75. The van der Waals surface area contributed by atoms with E-state index in [9.17, 15) is 9.00 Å². The molecule has 1 aliphatic heterocycles. The van der Waals surface area contributed by atoms with Gasteiger partial charge in [-0.1, -0.05) is 46.7 Å². The molecule has 0 aliphatic carbocycles. The monoisotopic (exact) mass is 522 g/mol. The molecule has 1 saturated heterocycles. The van der Waals surface area contributed by atoms with Crippen LogP contribution in [0.4, 0.5) is 16.6 Å². The number of hydrogen-bond donors (Lipinski definition) is 2. The maximum absolute atomic E-state index is 13.0. The van der Waals surface area contributed by atoms with E-state index in [-0.39, 0.29) is 32.1 Å². The average molecular weight is 524 g/mol. The fourth-order valence-corrected chi connectivity index (χ4v) is 6.74. The van der Waals surface area contributed by atoms with E-state index < -0.39 is 10.8 Å². The molecule has 3 aromatic rings. The highest BCUT2D eigenvalue weighted by molar-refractivity contribution is 7.85. The number of carbonyl (C=O) groups is 1. The number of benzene rings is 2. The summed E-state index contributed by atoms with van der Waals surface area (Å²) in [5, 5.41) is 4.14. The normalized spacial score (nSPS) is 17.6. The molecule has 2 unspecified atom stereocenters. The Hall–Kier alpha value is -1.97. The van der Waals surface area contributed by atoms with E-state index in [2.05, 4.69) is 22.2 Å². The van der Waals surface area contributed by atoms with Gasteiger partial charge in [0.1, 0.15) is 10.7 Å². The van der Waals surface area contributed by atoms with Crippen LogP contribution in [0.2, 0.25) is 10.0 Å². The number of nitrogens with zero attached hydrogens (tertiary/aromatic N) is 2. The van der Waals surface area contributed by atoms with E-state index in [0.717, 1.165) is 47.9 Å². The summed E-state index contributed by atoms with van der Waals surface area (Å²) in [6.07, 6.45) is 2.25. The van der Waals surface area contributed by atoms with Crippen LogP contribution < -0.4 is 11.1 Å². The highest BCUT2D eigenvalue weighted by atomic mass is 35.5. The van der Waals surface area contributed by atoms with Gasteiger partial charge in [-0.2, -0.15) is 0 Å². The molecule has 10 heteroatoms. The predicted octanol–water partition coefficient (Wildman–Crippen LogP) is 5.46. The standard InChI is InChI=1S/C23H24Cl2N4O2S2/c1-29-10-4-5-14(12-29)13-33(31)16-7-2-6-15(11-16)27-23-28-22(26)21(32-23)20(30)19-17(24)8-3-9-18(19)25/h2-3,6-9,11,14H,4-5,10,12-13,26H2,1H3,(H,27,28). The number of carbonyl (C=O) groups excluding carboxylic acids is 1. The highest BCUT2D eigenvalue weighted by Crippen LogP contribution is 2.34. The van der Waals surface area contributed by atoms with Crippen molar-refractivity contribution in [1.29, 1.82) is 0 Å². The number of piperidine rings is 1. The maximum Gasteiger partial charge on any atom is 0.209 e. The lowest BCUT2D eigenvalue weighted by atomic mass is 10.0. The van der Waals surface area contributed by atoms with Crippen LogP contribution in [0.5, 0.6) is 0 Å². The summed E-state index contributed by atoms with van der Waals surface area (Å²) in [5.74, 6) is 0.811. The van der Waals surface area contributed by atoms with Gasteiger partial charge in [0.25, 0.3) is 0 Å². The van der Waals surface area contributed by atoms with Crippen LogP contribution in [0.3, 0.4) is 0 Å². The zero-order valence-corrected chi connectivity index (χ0v) is 21.2. The van der Waals surface area contributed by atoms with Gasteiger partial charge in [-0.3, -0.25) is 9.00 Å². The van der Waals surface area contributed by atoms with Gasteiger partial charge in [-0.05, 0) is 62.7 Å². The molecule has 0 amide bonds. The largest absolute Gasteiger partial charge is 0.382 e. The molecule has 6 nitrogen and oxygen atoms in total. The summed E-state index contributed by atoms with van der Waals surface area (Å²) >= 11 is 13.5.